The number of nitrogens with two attached hydrogens (primary N) is 2. The molecule has 0 bridgehead atoms. The fraction of sp³-hybridized carbons (Fsp3) is 0.333. The van der Waals surface area contributed by atoms with Gasteiger partial charge in [0.25, 0.3) is 0 Å². The first-order chi connectivity index (χ1) is 6.19. The molecule has 0 saturated heterocycles. The smallest absolute Gasteiger partial charge is 0.126 e. The molecule has 0 aliphatic rings. The van der Waals surface area contributed by atoms with Crippen molar-refractivity contribution in [1.82, 2.24) is 0 Å². The zero-order valence-corrected chi connectivity index (χ0v) is 7.53. The molecule has 0 amide bonds. The number of aliphatic hydroxyl groups excluding tert-OH is 1. The number of ether oxygens (including phenoxy) is 1. The Morgan fingerprint density at radius 1 is 1.54 bits per heavy atom. The minimum absolute atomic E-state index is 0.167. The van der Waals surface area contributed by atoms with Crippen LogP contribution in [0.5, 0.6) is 5.75 Å². The third kappa shape index (κ3) is 2.11. The predicted molar refractivity (Wildman–Crippen MR) is 51.4 cm³/mol. The van der Waals surface area contributed by atoms with E-state index < -0.39 is 6.10 Å². The standard InChI is InChI=1S/C9H14N2O2/c1-13-9-4-6(11)2-3-7(9)8(12)5-10/h2-4,8,12H,5,10-11H2,1H3. The highest BCUT2D eigenvalue weighted by Crippen LogP contribution is 2.26. The molecule has 0 aliphatic carbocycles. The summed E-state index contributed by atoms with van der Waals surface area (Å²) in [5, 5.41) is 9.49. The lowest BCUT2D eigenvalue weighted by Crippen LogP contribution is -2.12. The van der Waals surface area contributed by atoms with Crippen LogP contribution in [0.3, 0.4) is 0 Å². The van der Waals surface area contributed by atoms with Crippen LogP contribution in [0, 0.1) is 0 Å². The molecule has 13 heavy (non-hydrogen) atoms. The zero-order chi connectivity index (χ0) is 9.84. The summed E-state index contributed by atoms with van der Waals surface area (Å²) in [6.07, 6.45) is -0.699. The van der Waals surface area contributed by atoms with Gasteiger partial charge in [0.1, 0.15) is 5.75 Å². The average molecular weight is 182 g/mol. The summed E-state index contributed by atoms with van der Waals surface area (Å²) in [5.41, 5.74) is 12.1. The molecule has 1 unspecified atom stereocenters. The van der Waals surface area contributed by atoms with Crippen molar-refractivity contribution in [3.05, 3.63) is 23.8 Å². The average Bonchev–Trinajstić information content (AvgIpc) is 2.16. The number of methoxy groups -OCH3 is 1. The van der Waals surface area contributed by atoms with Crippen molar-refractivity contribution < 1.29 is 9.84 Å². The summed E-state index contributed by atoms with van der Waals surface area (Å²) in [5.74, 6) is 0.568. The van der Waals surface area contributed by atoms with Gasteiger partial charge < -0.3 is 21.3 Å². The summed E-state index contributed by atoms with van der Waals surface area (Å²) in [6.45, 7) is 0.167. The molecule has 4 nitrogen and oxygen atoms in total. The molecule has 5 N–H and O–H groups in total. The van der Waals surface area contributed by atoms with Crippen LogP contribution in [0.25, 0.3) is 0 Å². The Morgan fingerprint density at radius 3 is 2.77 bits per heavy atom. The molecule has 4 heteroatoms. The van der Waals surface area contributed by atoms with E-state index in [0.717, 1.165) is 0 Å². The second-order valence-electron chi connectivity index (χ2n) is 2.75. The van der Waals surface area contributed by atoms with Crippen LogP contribution in [-0.4, -0.2) is 18.8 Å². The van der Waals surface area contributed by atoms with Gasteiger partial charge in [-0.2, -0.15) is 0 Å². The zero-order valence-electron chi connectivity index (χ0n) is 7.53. The molecule has 0 spiro atoms. The summed E-state index contributed by atoms with van der Waals surface area (Å²) in [7, 11) is 1.53. The summed E-state index contributed by atoms with van der Waals surface area (Å²) in [4.78, 5) is 0. The van der Waals surface area contributed by atoms with E-state index in [4.69, 9.17) is 16.2 Å². The van der Waals surface area contributed by atoms with Gasteiger partial charge in [0.15, 0.2) is 0 Å². The molecule has 0 aliphatic heterocycles. The van der Waals surface area contributed by atoms with Crippen molar-refractivity contribution in [3.63, 3.8) is 0 Å². The van der Waals surface area contributed by atoms with Gasteiger partial charge in [0.05, 0.1) is 13.2 Å². The van der Waals surface area contributed by atoms with E-state index in [1.165, 1.54) is 7.11 Å². The van der Waals surface area contributed by atoms with Crippen molar-refractivity contribution in [2.45, 2.75) is 6.10 Å². The van der Waals surface area contributed by atoms with Crippen molar-refractivity contribution in [2.75, 3.05) is 19.4 Å². The Hall–Kier alpha value is -1.26. The molecule has 72 valence electrons. The minimum Gasteiger partial charge on any atom is -0.496 e. The Morgan fingerprint density at radius 2 is 2.23 bits per heavy atom. The van der Waals surface area contributed by atoms with Crippen LogP contribution in [0.4, 0.5) is 5.69 Å². The maximum Gasteiger partial charge on any atom is 0.126 e. The molecular formula is C9H14N2O2. The molecule has 0 aromatic heterocycles. The van der Waals surface area contributed by atoms with Crippen molar-refractivity contribution in [1.29, 1.82) is 0 Å². The number of anilines is 1. The van der Waals surface area contributed by atoms with Gasteiger partial charge in [0.2, 0.25) is 0 Å². The van der Waals surface area contributed by atoms with Crippen LogP contribution < -0.4 is 16.2 Å². The Labute approximate surface area is 77.1 Å². The summed E-state index contributed by atoms with van der Waals surface area (Å²) >= 11 is 0. The summed E-state index contributed by atoms with van der Waals surface area (Å²) in [6, 6.07) is 5.08. The first-order valence-corrected chi connectivity index (χ1v) is 4.00. The number of benzene rings is 1. The maximum absolute atomic E-state index is 9.49. The van der Waals surface area contributed by atoms with Gasteiger partial charge >= 0.3 is 0 Å². The Balaban J connectivity index is 3.05. The third-order valence-electron chi connectivity index (χ3n) is 1.84. The van der Waals surface area contributed by atoms with Crippen LogP contribution in [0.1, 0.15) is 11.7 Å². The van der Waals surface area contributed by atoms with E-state index in [0.29, 0.717) is 17.0 Å². The van der Waals surface area contributed by atoms with Gasteiger partial charge in [0, 0.05) is 23.9 Å². The molecule has 0 fully saturated rings. The number of nitrogen functional groups attached to an aromatic ring is 1. The van der Waals surface area contributed by atoms with Gasteiger partial charge in [-0.15, -0.1) is 0 Å². The SMILES string of the molecule is COc1cc(N)ccc1C(O)CN. The van der Waals surface area contributed by atoms with Gasteiger partial charge in [-0.1, -0.05) is 6.07 Å². The highest BCUT2D eigenvalue weighted by molar-refractivity contribution is 5.49. The molecule has 0 heterocycles. The predicted octanol–water partition coefficient (Wildman–Crippen LogP) is 0.270. The van der Waals surface area contributed by atoms with E-state index in [2.05, 4.69) is 0 Å². The van der Waals surface area contributed by atoms with Crippen molar-refractivity contribution in [2.24, 2.45) is 5.73 Å². The van der Waals surface area contributed by atoms with Gasteiger partial charge in [-0.05, 0) is 6.07 Å². The number of hydrogen-bond acceptors (Lipinski definition) is 4. The van der Waals surface area contributed by atoms with Crippen molar-refractivity contribution in [3.8, 4) is 5.75 Å². The highest BCUT2D eigenvalue weighted by Gasteiger charge is 2.10. The van der Waals surface area contributed by atoms with Crippen LogP contribution >= 0.6 is 0 Å². The normalized spacial score (nSPS) is 12.5. The largest absolute Gasteiger partial charge is 0.496 e. The monoisotopic (exact) mass is 182 g/mol. The fourth-order valence-electron chi connectivity index (χ4n) is 1.13. The second kappa shape index (κ2) is 4.11. The highest BCUT2D eigenvalue weighted by atomic mass is 16.5. The Kier molecular flexibility index (Phi) is 3.11. The number of hydrogen-bond donors (Lipinski definition) is 3. The van der Waals surface area contributed by atoms with E-state index in [1.54, 1.807) is 18.2 Å². The summed E-state index contributed by atoms with van der Waals surface area (Å²) < 4.78 is 5.05. The van der Waals surface area contributed by atoms with E-state index in [1.807, 2.05) is 0 Å². The molecule has 1 rings (SSSR count). The fourth-order valence-corrected chi connectivity index (χ4v) is 1.13. The van der Waals surface area contributed by atoms with E-state index in [9.17, 15) is 5.11 Å². The van der Waals surface area contributed by atoms with Crippen LogP contribution in [-0.2, 0) is 0 Å². The number of rotatable bonds is 3. The lowest BCUT2D eigenvalue weighted by atomic mass is 10.1. The lowest BCUT2D eigenvalue weighted by molar-refractivity contribution is 0.182. The van der Waals surface area contributed by atoms with Gasteiger partial charge in [-0.3, -0.25) is 0 Å². The number of aliphatic hydroxyl groups is 1. The van der Waals surface area contributed by atoms with Gasteiger partial charge in [-0.25, -0.2) is 0 Å². The van der Waals surface area contributed by atoms with E-state index in [-0.39, 0.29) is 6.54 Å². The van der Waals surface area contributed by atoms with Crippen LogP contribution in [0.2, 0.25) is 0 Å². The topological polar surface area (TPSA) is 81.5 Å². The maximum atomic E-state index is 9.49. The third-order valence-corrected chi connectivity index (χ3v) is 1.84. The molecule has 1 atom stereocenters. The molecule has 0 saturated carbocycles. The van der Waals surface area contributed by atoms with Crippen molar-refractivity contribution >= 4 is 5.69 Å². The second-order valence-corrected chi connectivity index (χ2v) is 2.75. The quantitative estimate of drug-likeness (QED) is 0.586. The molecule has 1 aromatic rings. The molecule has 1 aromatic carbocycles. The van der Waals surface area contributed by atoms with E-state index >= 15 is 0 Å². The Bertz CT molecular complexity index is 289. The first kappa shape index (κ1) is 9.83. The first-order valence-electron chi connectivity index (χ1n) is 4.00. The lowest BCUT2D eigenvalue weighted by Gasteiger charge is -2.13. The molecular weight excluding hydrogens is 168 g/mol. The molecule has 0 radical (unpaired) electrons. The van der Waals surface area contributed by atoms with Crippen LogP contribution in [0.15, 0.2) is 18.2 Å². The minimum atomic E-state index is -0.699.